The maximum absolute atomic E-state index is 13.4. The predicted molar refractivity (Wildman–Crippen MR) is 194 cm³/mol. The molecule has 0 aliphatic rings. The van der Waals surface area contributed by atoms with Crippen molar-refractivity contribution in [2.45, 2.75) is 65.7 Å². The lowest BCUT2D eigenvalue weighted by Crippen LogP contribution is -2.14. The van der Waals surface area contributed by atoms with Crippen LogP contribution in [0.4, 0.5) is 0 Å². The second kappa shape index (κ2) is 11.1. The highest BCUT2D eigenvalue weighted by Crippen LogP contribution is 2.40. The molecule has 0 saturated carbocycles. The molecule has 7 rings (SSSR count). The van der Waals surface area contributed by atoms with Crippen LogP contribution in [0.1, 0.15) is 77.0 Å². The summed E-state index contributed by atoms with van der Waals surface area (Å²) in [5.41, 5.74) is 8.48. The molecule has 2 heterocycles. The van der Waals surface area contributed by atoms with E-state index in [0.717, 1.165) is 39.1 Å². The van der Waals surface area contributed by atoms with Gasteiger partial charge in [-0.2, -0.15) is 0 Å². The third-order valence-electron chi connectivity index (χ3n) is 9.25. The molecule has 2 aromatic heterocycles. The van der Waals surface area contributed by atoms with Crippen LogP contribution in [-0.4, -0.2) is 14.5 Å². The summed E-state index contributed by atoms with van der Waals surface area (Å²) in [5.74, 6) is 1.44. The molecule has 0 fully saturated rings. The summed E-state index contributed by atoms with van der Waals surface area (Å²) in [7, 11) is 0. The molecule has 0 unspecified atom stereocenters. The van der Waals surface area contributed by atoms with Crippen LogP contribution in [-0.2, 0) is 5.41 Å². The molecule has 0 bridgehead atoms. The number of fused-ring (bicyclic) bond motifs is 4. The van der Waals surface area contributed by atoms with Crippen molar-refractivity contribution >= 4 is 32.4 Å². The molecule has 4 heteroatoms. The van der Waals surface area contributed by atoms with E-state index in [1.54, 1.807) is 6.07 Å². The molecule has 0 saturated heterocycles. The van der Waals surface area contributed by atoms with E-state index in [1.165, 1.54) is 33.2 Å². The van der Waals surface area contributed by atoms with E-state index in [2.05, 4.69) is 143 Å². The first-order valence-corrected chi connectivity index (χ1v) is 16.3. The number of benzene rings is 5. The summed E-state index contributed by atoms with van der Waals surface area (Å²) in [6.45, 7) is 15.7. The lowest BCUT2D eigenvalue weighted by molar-refractivity contribution is 0.595. The SMILES string of the molecule is CC(C)c1cccc(C(C)C)c1-n1cc(-c2cccc3ccccc23)nc1-c1cc(C(C)(C)C)c2ccc3cccc(=O)c3c2[nH]1. The molecule has 0 radical (unpaired) electrons. The monoisotopic (exact) mass is 603 g/mol. The summed E-state index contributed by atoms with van der Waals surface area (Å²) < 4.78 is 2.30. The van der Waals surface area contributed by atoms with E-state index in [1.807, 2.05) is 12.1 Å². The first-order chi connectivity index (χ1) is 22.0. The average molecular weight is 604 g/mol. The van der Waals surface area contributed by atoms with Crippen molar-refractivity contribution in [3.05, 3.63) is 130 Å². The van der Waals surface area contributed by atoms with Gasteiger partial charge in [-0.05, 0) is 62.2 Å². The molecule has 0 atom stereocenters. The van der Waals surface area contributed by atoms with Crippen LogP contribution in [0.25, 0.3) is 60.9 Å². The fraction of sp³-hybridized carbons (Fsp3) is 0.238. The highest BCUT2D eigenvalue weighted by molar-refractivity contribution is 6.07. The minimum absolute atomic E-state index is 0.0170. The molecule has 0 aliphatic carbocycles. The molecule has 0 amide bonds. The number of aromatic nitrogens is 3. The largest absolute Gasteiger partial charge is 0.351 e. The predicted octanol–water partition coefficient (Wildman–Crippen LogP) is 10.9. The van der Waals surface area contributed by atoms with Crippen LogP contribution >= 0.6 is 0 Å². The Morgan fingerprint density at radius 2 is 1.37 bits per heavy atom. The van der Waals surface area contributed by atoms with E-state index in [9.17, 15) is 4.79 Å². The number of nitrogens with one attached hydrogen (secondary N) is 1. The quantitative estimate of drug-likeness (QED) is 0.199. The number of nitrogens with zero attached hydrogens (tertiary/aromatic N) is 2. The fourth-order valence-corrected chi connectivity index (χ4v) is 6.94. The first kappa shape index (κ1) is 29.7. The molecule has 46 heavy (non-hydrogen) atoms. The standard InChI is InChI=1S/C42H41N3O/c1-25(2)29-17-12-18-30(26(3)4)40(29)45-24-36(32-19-10-14-27-13-8-9-16-31(27)32)44-41(45)35-23-34(42(5,6)7)33-22-21-28-15-11-20-37(46)38(28)39(33)43-35/h8-26,43H,1-7H3. The Labute approximate surface area is 270 Å². The summed E-state index contributed by atoms with van der Waals surface area (Å²) in [6, 6.07) is 33.6. The zero-order valence-corrected chi connectivity index (χ0v) is 27.8. The van der Waals surface area contributed by atoms with Crippen molar-refractivity contribution in [1.29, 1.82) is 0 Å². The summed E-state index contributed by atoms with van der Waals surface area (Å²) in [5, 5.41) is 5.06. The van der Waals surface area contributed by atoms with Gasteiger partial charge in [0.25, 0.3) is 0 Å². The van der Waals surface area contributed by atoms with Gasteiger partial charge < -0.3 is 4.98 Å². The molecule has 4 nitrogen and oxygen atoms in total. The minimum atomic E-state index is -0.178. The Kier molecular flexibility index (Phi) is 7.20. The van der Waals surface area contributed by atoms with Gasteiger partial charge in [0, 0.05) is 17.1 Å². The number of hydrogen-bond donors (Lipinski definition) is 1. The third kappa shape index (κ3) is 4.93. The van der Waals surface area contributed by atoms with E-state index < -0.39 is 0 Å². The summed E-state index contributed by atoms with van der Waals surface area (Å²) in [4.78, 5) is 22.6. The van der Waals surface area contributed by atoms with E-state index >= 15 is 0 Å². The molecule has 7 aromatic rings. The Bertz CT molecular complexity index is 2300. The number of imidazole rings is 1. The molecule has 1 N–H and O–H groups in total. The summed E-state index contributed by atoms with van der Waals surface area (Å²) >= 11 is 0. The van der Waals surface area contributed by atoms with Crippen molar-refractivity contribution in [2.75, 3.05) is 0 Å². The molecule has 0 spiro atoms. The van der Waals surface area contributed by atoms with Gasteiger partial charge in [0.1, 0.15) is 0 Å². The Morgan fingerprint density at radius 3 is 2.09 bits per heavy atom. The zero-order valence-electron chi connectivity index (χ0n) is 27.8. The Balaban J connectivity index is 1.63. The Morgan fingerprint density at radius 1 is 0.717 bits per heavy atom. The maximum atomic E-state index is 13.4. The number of aromatic amines is 1. The second-order valence-corrected chi connectivity index (χ2v) is 14.1. The highest BCUT2D eigenvalue weighted by atomic mass is 16.1. The highest BCUT2D eigenvalue weighted by Gasteiger charge is 2.25. The van der Waals surface area contributed by atoms with Crippen LogP contribution in [0, 0.1) is 0 Å². The smallest absolute Gasteiger partial charge is 0.188 e. The fourth-order valence-electron chi connectivity index (χ4n) is 6.94. The topological polar surface area (TPSA) is 50.7 Å². The molecule has 5 aromatic carbocycles. The summed E-state index contributed by atoms with van der Waals surface area (Å²) in [6.07, 6.45) is 2.21. The second-order valence-electron chi connectivity index (χ2n) is 14.1. The third-order valence-corrected chi connectivity index (χ3v) is 9.25. The number of hydrogen-bond acceptors (Lipinski definition) is 2. The molecular weight excluding hydrogens is 562 g/mol. The van der Waals surface area contributed by atoms with Gasteiger partial charge in [0.15, 0.2) is 11.3 Å². The van der Waals surface area contributed by atoms with Crippen LogP contribution in [0.15, 0.2) is 108 Å². The lowest BCUT2D eigenvalue weighted by Gasteiger charge is -2.24. The number of para-hydroxylation sites is 1. The van der Waals surface area contributed by atoms with Crippen LogP contribution < -0.4 is 5.43 Å². The molecule has 230 valence electrons. The zero-order chi connectivity index (χ0) is 32.3. The van der Waals surface area contributed by atoms with Crippen LogP contribution in [0.2, 0.25) is 0 Å². The lowest BCUT2D eigenvalue weighted by atomic mass is 9.83. The maximum Gasteiger partial charge on any atom is 0.188 e. The first-order valence-electron chi connectivity index (χ1n) is 16.3. The molecular formula is C42H41N3O. The van der Waals surface area contributed by atoms with Crippen molar-refractivity contribution in [3.8, 4) is 28.5 Å². The van der Waals surface area contributed by atoms with Crippen molar-refractivity contribution in [1.82, 2.24) is 14.5 Å². The van der Waals surface area contributed by atoms with Gasteiger partial charge in [-0.3, -0.25) is 9.36 Å². The van der Waals surface area contributed by atoms with Crippen molar-refractivity contribution in [3.63, 3.8) is 0 Å². The van der Waals surface area contributed by atoms with Gasteiger partial charge in [0.05, 0.1) is 28.0 Å². The van der Waals surface area contributed by atoms with Gasteiger partial charge in [-0.25, -0.2) is 4.98 Å². The number of rotatable bonds is 5. The van der Waals surface area contributed by atoms with E-state index in [0.29, 0.717) is 17.2 Å². The number of pyridine rings is 1. The van der Waals surface area contributed by atoms with Gasteiger partial charge in [-0.1, -0.05) is 133 Å². The van der Waals surface area contributed by atoms with Crippen LogP contribution in [0.5, 0.6) is 0 Å². The number of H-pyrrole nitrogens is 1. The van der Waals surface area contributed by atoms with Crippen LogP contribution in [0.3, 0.4) is 0 Å². The van der Waals surface area contributed by atoms with E-state index in [4.69, 9.17) is 4.98 Å². The Hall–Kier alpha value is -4.96. The normalized spacial score (nSPS) is 12.3. The molecule has 0 aliphatic heterocycles. The van der Waals surface area contributed by atoms with Gasteiger partial charge in [-0.15, -0.1) is 0 Å². The van der Waals surface area contributed by atoms with Gasteiger partial charge in [0.2, 0.25) is 0 Å². The van der Waals surface area contributed by atoms with Crippen molar-refractivity contribution < 1.29 is 0 Å². The van der Waals surface area contributed by atoms with E-state index in [-0.39, 0.29) is 10.8 Å². The van der Waals surface area contributed by atoms with Gasteiger partial charge >= 0.3 is 0 Å². The minimum Gasteiger partial charge on any atom is -0.351 e. The van der Waals surface area contributed by atoms with Crippen molar-refractivity contribution in [2.24, 2.45) is 0 Å². The average Bonchev–Trinajstić information content (AvgIpc) is 3.48.